The lowest BCUT2D eigenvalue weighted by Crippen LogP contribution is -2.45. The van der Waals surface area contributed by atoms with E-state index in [-0.39, 0.29) is 18.4 Å². The van der Waals surface area contributed by atoms with E-state index in [2.05, 4.69) is 0 Å². The van der Waals surface area contributed by atoms with Crippen LogP contribution in [-0.4, -0.2) is 47.9 Å². The molecule has 124 valence electrons. The van der Waals surface area contributed by atoms with Crippen LogP contribution in [0.2, 0.25) is 0 Å². The number of hydrogen-bond acceptors (Lipinski definition) is 3. The van der Waals surface area contributed by atoms with Gasteiger partial charge < -0.3 is 5.11 Å². The Hall–Kier alpha value is -0.950. The SMILES string of the molecule is CC(C)C1(O)CN(S(=O)(=O)N(C)Cc2ccccc2)CC1C. The molecule has 1 N–H and O–H groups in total. The van der Waals surface area contributed by atoms with Gasteiger partial charge in [-0.05, 0) is 11.5 Å². The van der Waals surface area contributed by atoms with Crippen molar-refractivity contribution >= 4 is 10.2 Å². The topological polar surface area (TPSA) is 60.9 Å². The van der Waals surface area contributed by atoms with Gasteiger partial charge in [-0.25, -0.2) is 0 Å². The van der Waals surface area contributed by atoms with Crippen molar-refractivity contribution in [3.8, 4) is 0 Å². The summed E-state index contributed by atoms with van der Waals surface area (Å²) in [6.45, 7) is 6.62. The van der Waals surface area contributed by atoms with Crippen LogP contribution in [0.5, 0.6) is 0 Å². The fourth-order valence-electron chi connectivity index (χ4n) is 3.01. The van der Waals surface area contributed by atoms with Crippen LogP contribution < -0.4 is 0 Å². The van der Waals surface area contributed by atoms with Crippen LogP contribution in [-0.2, 0) is 16.8 Å². The monoisotopic (exact) mass is 326 g/mol. The van der Waals surface area contributed by atoms with Gasteiger partial charge in [0.2, 0.25) is 0 Å². The third-order valence-corrected chi connectivity index (χ3v) is 6.58. The summed E-state index contributed by atoms with van der Waals surface area (Å²) in [5.74, 6) is -0.0606. The highest BCUT2D eigenvalue weighted by Crippen LogP contribution is 2.35. The summed E-state index contributed by atoms with van der Waals surface area (Å²) in [6.07, 6.45) is 0. The fraction of sp³-hybridized carbons (Fsp3) is 0.625. The van der Waals surface area contributed by atoms with E-state index in [1.165, 1.54) is 8.61 Å². The van der Waals surface area contributed by atoms with Crippen LogP contribution in [0, 0.1) is 11.8 Å². The largest absolute Gasteiger partial charge is 0.388 e. The molecular weight excluding hydrogens is 300 g/mol. The number of hydrogen-bond donors (Lipinski definition) is 1. The molecule has 0 saturated carbocycles. The first-order valence-electron chi connectivity index (χ1n) is 7.65. The molecule has 22 heavy (non-hydrogen) atoms. The molecule has 1 fully saturated rings. The van der Waals surface area contributed by atoms with Gasteiger partial charge in [-0.1, -0.05) is 51.1 Å². The lowest BCUT2D eigenvalue weighted by atomic mass is 9.82. The smallest absolute Gasteiger partial charge is 0.282 e. The van der Waals surface area contributed by atoms with Crippen molar-refractivity contribution in [2.75, 3.05) is 20.1 Å². The summed E-state index contributed by atoms with van der Waals surface area (Å²) in [5.41, 5.74) is -0.0133. The molecule has 6 heteroatoms. The summed E-state index contributed by atoms with van der Waals surface area (Å²) in [4.78, 5) is 0. The van der Waals surface area contributed by atoms with E-state index in [1.807, 2.05) is 51.1 Å². The van der Waals surface area contributed by atoms with Gasteiger partial charge in [-0.3, -0.25) is 0 Å². The Morgan fingerprint density at radius 2 is 1.95 bits per heavy atom. The highest BCUT2D eigenvalue weighted by atomic mass is 32.2. The summed E-state index contributed by atoms with van der Waals surface area (Å²) in [5, 5.41) is 10.7. The Kier molecular flexibility index (Phi) is 4.96. The third-order valence-electron chi connectivity index (χ3n) is 4.73. The average molecular weight is 326 g/mol. The van der Waals surface area contributed by atoms with Crippen LogP contribution in [0.15, 0.2) is 30.3 Å². The summed E-state index contributed by atoms with van der Waals surface area (Å²) < 4.78 is 28.2. The second-order valence-corrected chi connectivity index (χ2v) is 8.62. The minimum absolute atomic E-state index is 0.0159. The van der Waals surface area contributed by atoms with Gasteiger partial charge in [0.25, 0.3) is 10.2 Å². The first kappa shape index (κ1) is 17.4. The van der Waals surface area contributed by atoms with Crippen molar-refractivity contribution < 1.29 is 13.5 Å². The maximum Gasteiger partial charge on any atom is 0.282 e. The average Bonchev–Trinajstić information content (AvgIpc) is 2.78. The van der Waals surface area contributed by atoms with Crippen LogP contribution in [0.4, 0.5) is 0 Å². The Bertz CT molecular complexity index is 603. The molecule has 1 aliphatic heterocycles. The van der Waals surface area contributed by atoms with Gasteiger partial charge in [-0.2, -0.15) is 17.0 Å². The van der Waals surface area contributed by atoms with Crippen molar-refractivity contribution in [3.05, 3.63) is 35.9 Å². The van der Waals surface area contributed by atoms with Crippen LogP contribution in [0.25, 0.3) is 0 Å². The van der Waals surface area contributed by atoms with Gasteiger partial charge in [0.1, 0.15) is 0 Å². The van der Waals surface area contributed by atoms with Gasteiger partial charge >= 0.3 is 0 Å². The zero-order valence-electron chi connectivity index (χ0n) is 13.7. The lowest BCUT2D eigenvalue weighted by Gasteiger charge is -2.31. The molecule has 2 unspecified atom stereocenters. The predicted molar refractivity (Wildman–Crippen MR) is 87.4 cm³/mol. The van der Waals surface area contributed by atoms with E-state index < -0.39 is 15.8 Å². The van der Waals surface area contributed by atoms with Crippen molar-refractivity contribution in [1.29, 1.82) is 0 Å². The second-order valence-electron chi connectivity index (χ2n) is 6.59. The van der Waals surface area contributed by atoms with Crippen molar-refractivity contribution in [2.45, 2.75) is 32.9 Å². The molecule has 0 amide bonds. The van der Waals surface area contributed by atoms with E-state index >= 15 is 0 Å². The maximum absolute atomic E-state index is 12.7. The van der Waals surface area contributed by atoms with Crippen LogP contribution in [0.3, 0.4) is 0 Å². The van der Waals surface area contributed by atoms with E-state index in [1.54, 1.807) is 7.05 Å². The van der Waals surface area contributed by atoms with Gasteiger partial charge in [-0.15, -0.1) is 0 Å². The molecule has 2 atom stereocenters. The molecule has 5 nitrogen and oxygen atoms in total. The molecule has 1 aliphatic rings. The van der Waals surface area contributed by atoms with Gasteiger partial charge in [0.05, 0.1) is 5.60 Å². The van der Waals surface area contributed by atoms with Crippen molar-refractivity contribution in [3.63, 3.8) is 0 Å². The zero-order valence-corrected chi connectivity index (χ0v) is 14.5. The molecule has 0 bridgehead atoms. The molecule has 0 spiro atoms. The minimum Gasteiger partial charge on any atom is -0.388 e. The Balaban J connectivity index is 2.14. The van der Waals surface area contributed by atoms with Gasteiger partial charge in [0.15, 0.2) is 0 Å². The first-order valence-corrected chi connectivity index (χ1v) is 9.05. The van der Waals surface area contributed by atoms with Gasteiger partial charge in [0, 0.05) is 32.6 Å². The van der Waals surface area contributed by atoms with E-state index in [0.29, 0.717) is 13.1 Å². The highest BCUT2D eigenvalue weighted by Gasteiger charge is 2.49. The number of rotatable bonds is 5. The number of nitrogens with zero attached hydrogens (tertiary/aromatic N) is 2. The second kappa shape index (κ2) is 6.28. The molecule has 2 rings (SSSR count). The molecular formula is C16H26N2O3S. The predicted octanol–water partition coefficient (Wildman–Crippen LogP) is 1.70. The number of benzene rings is 1. The Labute approximate surface area is 133 Å². The molecule has 1 heterocycles. The molecule has 1 saturated heterocycles. The minimum atomic E-state index is -3.57. The molecule has 1 aromatic carbocycles. The maximum atomic E-state index is 12.7. The Morgan fingerprint density at radius 3 is 2.45 bits per heavy atom. The fourth-order valence-corrected chi connectivity index (χ4v) is 4.50. The Morgan fingerprint density at radius 1 is 1.36 bits per heavy atom. The zero-order chi connectivity index (χ0) is 16.5. The normalized spacial score (nSPS) is 27.0. The molecule has 0 radical (unpaired) electrons. The van der Waals surface area contributed by atoms with E-state index in [9.17, 15) is 13.5 Å². The molecule has 1 aromatic rings. The van der Waals surface area contributed by atoms with Crippen molar-refractivity contribution in [2.24, 2.45) is 11.8 Å². The van der Waals surface area contributed by atoms with Crippen LogP contribution in [0.1, 0.15) is 26.3 Å². The quantitative estimate of drug-likeness (QED) is 0.896. The summed E-state index contributed by atoms with van der Waals surface area (Å²) in [7, 11) is -1.98. The lowest BCUT2D eigenvalue weighted by molar-refractivity contribution is -0.0224. The third kappa shape index (κ3) is 3.20. The van der Waals surface area contributed by atoms with Crippen molar-refractivity contribution in [1.82, 2.24) is 8.61 Å². The molecule has 0 aromatic heterocycles. The van der Waals surface area contributed by atoms with E-state index in [4.69, 9.17) is 0 Å². The summed E-state index contributed by atoms with van der Waals surface area (Å²) >= 11 is 0. The highest BCUT2D eigenvalue weighted by molar-refractivity contribution is 7.86. The van der Waals surface area contributed by atoms with E-state index in [0.717, 1.165) is 5.56 Å². The summed E-state index contributed by atoms with van der Waals surface area (Å²) in [6, 6.07) is 9.51. The first-order chi connectivity index (χ1) is 10.2. The van der Waals surface area contributed by atoms with Crippen LogP contribution >= 0.6 is 0 Å². The number of aliphatic hydroxyl groups is 1. The molecule has 0 aliphatic carbocycles. The standard InChI is InChI=1S/C16H26N2O3S/c1-13(2)16(19)12-18(10-14(16)3)22(20,21)17(4)11-15-8-6-5-7-9-15/h5-9,13-14,19H,10-12H2,1-4H3. The number of β-amino-alcohol motifs (C(OH)–C–C–N with tert-alkyl or cyclic N) is 1.